The van der Waals surface area contributed by atoms with E-state index in [0.717, 1.165) is 4.88 Å². The Balaban J connectivity index is 1.98. The molecule has 1 atom stereocenters. The molecule has 0 saturated carbocycles. The first kappa shape index (κ1) is 14.6. The minimum Gasteiger partial charge on any atom is -0.347 e. The number of nitrogens with one attached hydrogen (secondary N) is 1. The molecule has 2 aromatic rings. The molecule has 1 amide bonds. The number of amides is 1. The van der Waals surface area contributed by atoms with Gasteiger partial charge in [-0.1, -0.05) is 6.07 Å². The van der Waals surface area contributed by atoms with E-state index in [4.69, 9.17) is 0 Å². The molecule has 1 N–H and O–H groups in total. The van der Waals surface area contributed by atoms with Crippen LogP contribution in [0.2, 0.25) is 0 Å². The molecular formula is C13H15F2N3OS. The molecule has 0 radical (unpaired) electrons. The molecule has 2 aromatic heterocycles. The average Bonchev–Trinajstić information content (AvgIpc) is 2.99. The highest BCUT2D eigenvalue weighted by Crippen LogP contribution is 2.19. The Labute approximate surface area is 119 Å². The van der Waals surface area contributed by atoms with Gasteiger partial charge in [-0.15, -0.1) is 11.3 Å². The van der Waals surface area contributed by atoms with Crippen molar-refractivity contribution in [2.75, 3.05) is 0 Å². The fourth-order valence-corrected chi connectivity index (χ4v) is 2.57. The monoisotopic (exact) mass is 299 g/mol. The van der Waals surface area contributed by atoms with Gasteiger partial charge in [0.1, 0.15) is 12.2 Å². The minimum absolute atomic E-state index is 0.0612. The van der Waals surface area contributed by atoms with E-state index in [0.29, 0.717) is 5.69 Å². The molecule has 0 aliphatic heterocycles. The first-order chi connectivity index (χ1) is 9.47. The average molecular weight is 299 g/mol. The summed E-state index contributed by atoms with van der Waals surface area (Å²) in [6.45, 7) is 3.47. The molecule has 0 unspecified atom stereocenters. The van der Waals surface area contributed by atoms with Gasteiger partial charge < -0.3 is 5.32 Å². The van der Waals surface area contributed by atoms with Gasteiger partial charge in [-0.25, -0.2) is 8.78 Å². The Bertz CT molecular complexity index is 580. The van der Waals surface area contributed by atoms with Crippen LogP contribution < -0.4 is 5.32 Å². The van der Waals surface area contributed by atoms with E-state index in [9.17, 15) is 13.6 Å². The predicted octanol–water partition coefficient (Wildman–Crippen LogP) is 3.07. The van der Waals surface area contributed by atoms with Crippen LogP contribution in [0.1, 0.15) is 35.7 Å². The summed E-state index contributed by atoms with van der Waals surface area (Å²) >= 11 is 1.55. The van der Waals surface area contributed by atoms with Crippen molar-refractivity contribution >= 4 is 17.2 Å². The quantitative estimate of drug-likeness (QED) is 0.922. The molecule has 0 aromatic carbocycles. The summed E-state index contributed by atoms with van der Waals surface area (Å²) in [4.78, 5) is 12.9. The molecule has 0 aliphatic rings. The van der Waals surface area contributed by atoms with Crippen molar-refractivity contribution in [3.63, 3.8) is 0 Å². The summed E-state index contributed by atoms with van der Waals surface area (Å²) in [5.74, 6) is -0.252. The smallest absolute Gasteiger partial charge is 0.282 e. The Kier molecular flexibility index (Phi) is 4.49. The van der Waals surface area contributed by atoms with Crippen molar-refractivity contribution in [3.05, 3.63) is 39.8 Å². The molecule has 0 spiro atoms. The van der Waals surface area contributed by atoms with Gasteiger partial charge in [0.25, 0.3) is 6.43 Å². The lowest BCUT2D eigenvalue weighted by atomic mass is 10.3. The van der Waals surface area contributed by atoms with Crippen LogP contribution in [-0.2, 0) is 11.3 Å². The number of carbonyl (C=O) groups is 1. The van der Waals surface area contributed by atoms with E-state index in [2.05, 4.69) is 10.4 Å². The maximum atomic E-state index is 12.5. The van der Waals surface area contributed by atoms with Gasteiger partial charge in [0.05, 0.1) is 6.04 Å². The molecule has 2 rings (SSSR count). The highest BCUT2D eigenvalue weighted by atomic mass is 32.1. The van der Waals surface area contributed by atoms with Crippen molar-refractivity contribution in [1.82, 2.24) is 15.1 Å². The molecule has 4 nitrogen and oxygen atoms in total. The van der Waals surface area contributed by atoms with Gasteiger partial charge in [0, 0.05) is 10.6 Å². The highest BCUT2D eigenvalue weighted by Gasteiger charge is 2.16. The van der Waals surface area contributed by atoms with Crippen molar-refractivity contribution in [3.8, 4) is 0 Å². The molecule has 0 fully saturated rings. The maximum Gasteiger partial charge on any atom is 0.282 e. The number of aromatic nitrogens is 2. The zero-order valence-electron chi connectivity index (χ0n) is 11.1. The van der Waals surface area contributed by atoms with Gasteiger partial charge in [-0.3, -0.25) is 9.48 Å². The van der Waals surface area contributed by atoms with Crippen molar-refractivity contribution in [2.24, 2.45) is 0 Å². The summed E-state index contributed by atoms with van der Waals surface area (Å²) in [5.41, 5.74) is 0.237. The summed E-state index contributed by atoms with van der Waals surface area (Å²) in [6, 6.07) is 5.03. The normalized spacial score (nSPS) is 12.7. The van der Waals surface area contributed by atoms with E-state index < -0.39 is 6.43 Å². The Hall–Kier alpha value is -1.76. The second kappa shape index (κ2) is 6.13. The van der Waals surface area contributed by atoms with Gasteiger partial charge in [-0.2, -0.15) is 5.10 Å². The third kappa shape index (κ3) is 3.41. The lowest BCUT2D eigenvalue weighted by molar-refractivity contribution is -0.122. The van der Waals surface area contributed by atoms with Crippen molar-refractivity contribution in [1.29, 1.82) is 0 Å². The number of hydrogen-bond acceptors (Lipinski definition) is 3. The number of carbonyl (C=O) groups excluding carboxylic acids is 1. The van der Waals surface area contributed by atoms with Crippen LogP contribution in [0.4, 0.5) is 8.78 Å². The van der Waals surface area contributed by atoms with Crippen molar-refractivity contribution in [2.45, 2.75) is 32.9 Å². The zero-order chi connectivity index (χ0) is 14.7. The Morgan fingerprint density at radius 3 is 2.85 bits per heavy atom. The topological polar surface area (TPSA) is 46.9 Å². The minimum atomic E-state index is -2.62. The summed E-state index contributed by atoms with van der Waals surface area (Å²) in [7, 11) is 0. The Morgan fingerprint density at radius 1 is 1.55 bits per heavy atom. The SMILES string of the molecule is Cc1cc(C(F)F)nn1CC(=O)N[C@H](C)c1cccs1. The zero-order valence-corrected chi connectivity index (χ0v) is 12.0. The highest BCUT2D eigenvalue weighted by molar-refractivity contribution is 7.10. The molecule has 7 heteroatoms. The summed E-state index contributed by atoms with van der Waals surface area (Å²) in [6.07, 6.45) is -2.62. The lowest BCUT2D eigenvalue weighted by Crippen LogP contribution is -2.30. The van der Waals surface area contributed by atoms with Crippen LogP contribution in [0.15, 0.2) is 23.6 Å². The van der Waals surface area contributed by atoms with E-state index in [-0.39, 0.29) is 24.2 Å². The Morgan fingerprint density at radius 2 is 2.30 bits per heavy atom. The van der Waals surface area contributed by atoms with E-state index in [1.54, 1.807) is 18.3 Å². The fraction of sp³-hybridized carbons (Fsp3) is 0.385. The number of hydrogen-bond donors (Lipinski definition) is 1. The first-order valence-electron chi connectivity index (χ1n) is 6.12. The van der Waals surface area contributed by atoms with Gasteiger partial charge >= 0.3 is 0 Å². The molecule has 0 aliphatic carbocycles. The van der Waals surface area contributed by atoms with Crippen LogP contribution in [0.5, 0.6) is 0 Å². The maximum absolute atomic E-state index is 12.5. The first-order valence-corrected chi connectivity index (χ1v) is 7.00. The second-order valence-corrected chi connectivity index (χ2v) is 5.45. The van der Waals surface area contributed by atoms with Gasteiger partial charge in [0.2, 0.25) is 5.91 Å². The van der Waals surface area contributed by atoms with E-state index in [1.165, 1.54) is 10.7 Å². The number of rotatable bonds is 5. The third-order valence-corrected chi connectivity index (χ3v) is 3.92. The van der Waals surface area contributed by atoms with Crippen LogP contribution in [0.25, 0.3) is 0 Å². The largest absolute Gasteiger partial charge is 0.347 e. The summed E-state index contributed by atoms with van der Waals surface area (Å²) in [5, 5.41) is 8.48. The van der Waals surface area contributed by atoms with Crippen LogP contribution in [0, 0.1) is 6.92 Å². The lowest BCUT2D eigenvalue weighted by Gasteiger charge is -2.12. The van der Waals surface area contributed by atoms with Crippen LogP contribution >= 0.6 is 11.3 Å². The van der Waals surface area contributed by atoms with Crippen LogP contribution in [-0.4, -0.2) is 15.7 Å². The molecule has 20 heavy (non-hydrogen) atoms. The molecule has 2 heterocycles. The molecular weight excluding hydrogens is 284 g/mol. The number of halogens is 2. The van der Waals surface area contributed by atoms with Crippen molar-refractivity contribution < 1.29 is 13.6 Å². The van der Waals surface area contributed by atoms with Gasteiger partial charge in [0.15, 0.2) is 0 Å². The molecule has 108 valence electrons. The third-order valence-electron chi connectivity index (χ3n) is 2.86. The van der Waals surface area contributed by atoms with Crippen LogP contribution in [0.3, 0.4) is 0 Å². The van der Waals surface area contributed by atoms with E-state index >= 15 is 0 Å². The standard InChI is InChI=1S/C13H15F2N3OS/c1-8-6-10(13(14)15)17-18(8)7-12(19)16-9(2)11-4-3-5-20-11/h3-6,9,13H,7H2,1-2H3,(H,16,19)/t9-/m1/s1. The van der Waals surface area contributed by atoms with E-state index in [1.807, 2.05) is 24.4 Å². The molecule has 0 saturated heterocycles. The predicted molar refractivity (Wildman–Crippen MR) is 72.8 cm³/mol. The molecule has 0 bridgehead atoms. The second-order valence-electron chi connectivity index (χ2n) is 4.47. The number of nitrogens with zero attached hydrogens (tertiary/aromatic N) is 2. The fourth-order valence-electron chi connectivity index (χ4n) is 1.83. The van der Waals surface area contributed by atoms with Gasteiger partial charge in [-0.05, 0) is 31.4 Å². The number of aryl methyl sites for hydroxylation is 1. The number of alkyl halides is 2. The summed E-state index contributed by atoms with van der Waals surface area (Å²) < 4.78 is 26.3. The number of thiophene rings is 1.